The largest absolute Gasteiger partial charge is 0.495 e. The van der Waals surface area contributed by atoms with E-state index in [0.717, 1.165) is 97.4 Å². The van der Waals surface area contributed by atoms with Crippen LogP contribution in [0, 0.1) is 20.8 Å². The molecule has 244 valence electrons. The lowest BCUT2D eigenvalue weighted by molar-refractivity contribution is -0.919. The Labute approximate surface area is 267 Å². The van der Waals surface area contributed by atoms with E-state index in [9.17, 15) is 9.59 Å². The van der Waals surface area contributed by atoms with Crippen LogP contribution in [0.1, 0.15) is 94.7 Å². The summed E-state index contributed by atoms with van der Waals surface area (Å²) < 4.78 is 6.32. The number of nitrogens with zero attached hydrogens (tertiary/aromatic N) is 2. The highest BCUT2D eigenvalue weighted by molar-refractivity contribution is 5.96. The topological polar surface area (TPSA) is 70.7 Å². The summed E-state index contributed by atoms with van der Waals surface area (Å²) in [5.74, 6) is 0.921. The van der Waals surface area contributed by atoms with E-state index in [4.69, 9.17) is 4.74 Å². The van der Waals surface area contributed by atoms with Crippen molar-refractivity contribution in [2.45, 2.75) is 105 Å². The fourth-order valence-electron chi connectivity index (χ4n) is 6.87. The molecule has 2 amide bonds. The van der Waals surface area contributed by atoms with Crippen LogP contribution in [0.25, 0.3) is 0 Å². The second-order valence-corrected chi connectivity index (χ2v) is 12.9. The minimum atomic E-state index is -0.0228. The second kappa shape index (κ2) is 18.2. The number of likely N-dealkylation sites (N-methyl/N-ethyl adjacent to an activating group) is 1. The minimum Gasteiger partial charge on any atom is -0.495 e. The lowest BCUT2D eigenvalue weighted by atomic mass is 10.00. The number of para-hydroxylation sites is 2. The highest BCUT2D eigenvalue weighted by atomic mass is 16.5. The Morgan fingerprint density at radius 1 is 0.841 bits per heavy atom. The van der Waals surface area contributed by atoms with Crippen molar-refractivity contribution in [3.63, 3.8) is 0 Å². The molecule has 1 aliphatic heterocycles. The molecule has 44 heavy (non-hydrogen) atoms. The van der Waals surface area contributed by atoms with Crippen LogP contribution in [0.15, 0.2) is 36.4 Å². The predicted molar refractivity (Wildman–Crippen MR) is 184 cm³/mol. The van der Waals surface area contributed by atoms with Gasteiger partial charge in [0.25, 0.3) is 5.91 Å². The van der Waals surface area contributed by atoms with E-state index >= 15 is 0 Å². The van der Waals surface area contributed by atoms with Gasteiger partial charge in [-0.2, -0.15) is 0 Å². The number of benzene rings is 2. The SMILES string of the molecule is CCC[N+](CC)(CCCCCCCCN1CCCCC1C(=O)Nc1c(C)cccc1C)CC(=O)Nc1c(C)cccc1OC. The van der Waals surface area contributed by atoms with Crippen molar-refractivity contribution >= 4 is 23.2 Å². The molecule has 0 aromatic heterocycles. The van der Waals surface area contributed by atoms with Crippen molar-refractivity contribution < 1.29 is 18.8 Å². The van der Waals surface area contributed by atoms with Gasteiger partial charge in [0.1, 0.15) is 5.75 Å². The molecule has 2 aromatic carbocycles. The summed E-state index contributed by atoms with van der Waals surface area (Å²) in [6, 6.07) is 12.0. The Hall–Kier alpha value is -2.90. The first-order valence-corrected chi connectivity index (χ1v) is 17.1. The summed E-state index contributed by atoms with van der Waals surface area (Å²) in [4.78, 5) is 28.9. The maximum Gasteiger partial charge on any atom is 0.279 e. The molecule has 1 saturated heterocycles. The first-order valence-electron chi connectivity index (χ1n) is 17.1. The molecule has 0 bridgehead atoms. The molecule has 1 heterocycles. The number of methoxy groups -OCH3 is 1. The quantitative estimate of drug-likeness (QED) is 0.135. The van der Waals surface area contributed by atoms with Gasteiger partial charge in [0.2, 0.25) is 5.91 Å². The number of amides is 2. The van der Waals surface area contributed by atoms with Crippen molar-refractivity contribution in [1.82, 2.24) is 4.90 Å². The summed E-state index contributed by atoms with van der Waals surface area (Å²) >= 11 is 0. The Bertz CT molecular complexity index is 1180. The molecule has 7 nitrogen and oxygen atoms in total. The van der Waals surface area contributed by atoms with E-state index in [1.807, 2.05) is 31.2 Å². The Morgan fingerprint density at radius 3 is 2.14 bits per heavy atom. The molecule has 3 rings (SSSR count). The van der Waals surface area contributed by atoms with Crippen molar-refractivity contribution in [2.24, 2.45) is 0 Å². The molecular formula is C37H59N4O3+. The van der Waals surface area contributed by atoms with Gasteiger partial charge < -0.3 is 19.9 Å². The number of carbonyl (C=O) groups is 2. The zero-order valence-electron chi connectivity index (χ0n) is 28.5. The fourth-order valence-corrected chi connectivity index (χ4v) is 6.87. The number of ether oxygens (including phenoxy) is 1. The monoisotopic (exact) mass is 607 g/mol. The van der Waals surface area contributed by atoms with E-state index in [1.54, 1.807) is 7.11 Å². The number of hydrogen-bond donors (Lipinski definition) is 2. The van der Waals surface area contributed by atoms with Crippen LogP contribution >= 0.6 is 0 Å². The molecule has 2 unspecified atom stereocenters. The fraction of sp³-hybridized carbons (Fsp3) is 0.622. The third-order valence-electron chi connectivity index (χ3n) is 9.54. The molecule has 0 saturated carbocycles. The number of piperidine rings is 1. The summed E-state index contributed by atoms with van der Waals surface area (Å²) in [6.07, 6.45) is 11.4. The molecule has 0 spiro atoms. The van der Waals surface area contributed by atoms with Crippen molar-refractivity contribution in [3.05, 3.63) is 53.1 Å². The highest BCUT2D eigenvalue weighted by Gasteiger charge is 2.30. The van der Waals surface area contributed by atoms with E-state index < -0.39 is 0 Å². The van der Waals surface area contributed by atoms with Gasteiger partial charge in [0.05, 0.1) is 38.5 Å². The average Bonchev–Trinajstić information content (AvgIpc) is 3.01. The van der Waals surface area contributed by atoms with Crippen molar-refractivity contribution in [2.75, 3.05) is 57.0 Å². The van der Waals surface area contributed by atoms with Gasteiger partial charge in [-0.05, 0) is 102 Å². The Kier molecular flexibility index (Phi) is 14.7. The molecule has 0 radical (unpaired) electrons. The van der Waals surface area contributed by atoms with Crippen LogP contribution in [0.4, 0.5) is 11.4 Å². The Morgan fingerprint density at radius 2 is 1.48 bits per heavy atom. The summed E-state index contributed by atoms with van der Waals surface area (Å²) in [5, 5.41) is 6.39. The van der Waals surface area contributed by atoms with Crippen LogP contribution in [0.3, 0.4) is 0 Å². The number of quaternary nitrogens is 1. The van der Waals surface area contributed by atoms with Gasteiger partial charge in [0, 0.05) is 5.69 Å². The zero-order chi connectivity index (χ0) is 32.0. The van der Waals surface area contributed by atoms with Crippen LogP contribution in [0.5, 0.6) is 5.75 Å². The van der Waals surface area contributed by atoms with Crippen molar-refractivity contribution in [3.8, 4) is 5.75 Å². The summed E-state index contributed by atoms with van der Waals surface area (Å²) in [5.41, 5.74) is 5.01. The van der Waals surface area contributed by atoms with Crippen LogP contribution < -0.4 is 15.4 Å². The lowest BCUT2D eigenvalue weighted by Crippen LogP contribution is -2.53. The number of unbranched alkanes of at least 4 members (excludes halogenated alkanes) is 5. The molecule has 7 heteroatoms. The normalized spacial score (nSPS) is 16.7. The highest BCUT2D eigenvalue weighted by Crippen LogP contribution is 2.28. The van der Waals surface area contributed by atoms with E-state index in [1.165, 1.54) is 32.1 Å². The third kappa shape index (κ3) is 10.3. The number of aryl methyl sites for hydroxylation is 3. The van der Waals surface area contributed by atoms with Gasteiger partial charge in [-0.25, -0.2) is 0 Å². The predicted octanol–water partition coefficient (Wildman–Crippen LogP) is 7.64. The lowest BCUT2D eigenvalue weighted by Gasteiger charge is -2.37. The van der Waals surface area contributed by atoms with Crippen LogP contribution in [0.2, 0.25) is 0 Å². The molecular weight excluding hydrogens is 548 g/mol. The minimum absolute atomic E-state index is 0.0228. The van der Waals surface area contributed by atoms with Gasteiger partial charge in [-0.15, -0.1) is 0 Å². The summed E-state index contributed by atoms with van der Waals surface area (Å²) in [6.45, 7) is 16.1. The third-order valence-corrected chi connectivity index (χ3v) is 9.54. The van der Waals surface area contributed by atoms with E-state index in [-0.39, 0.29) is 17.9 Å². The first kappa shape index (κ1) is 35.6. The standard InChI is InChI=1S/C37H58N4O3/c1-7-26-41(8-2,28-34(42)38-36-31(5)21-18-23-33(36)44-6)27-16-12-10-9-11-14-24-40-25-15-13-22-32(40)37(43)39-35-29(3)19-17-20-30(35)4/h17-21,23,32H,7-16,22,24-28H2,1-6H3,(H-,38,39,42,43)/p+1. The molecule has 0 aliphatic carbocycles. The number of likely N-dealkylation sites (tertiary alicyclic amines) is 1. The van der Waals surface area contributed by atoms with Crippen LogP contribution in [-0.2, 0) is 9.59 Å². The molecule has 1 aliphatic rings. The average molecular weight is 608 g/mol. The van der Waals surface area contributed by atoms with Gasteiger partial charge in [0.15, 0.2) is 6.54 Å². The number of carbonyl (C=O) groups excluding carboxylic acids is 2. The number of hydrogen-bond acceptors (Lipinski definition) is 4. The molecule has 2 N–H and O–H groups in total. The van der Waals surface area contributed by atoms with Crippen molar-refractivity contribution in [1.29, 1.82) is 0 Å². The van der Waals surface area contributed by atoms with E-state index in [2.05, 4.69) is 55.4 Å². The number of anilines is 2. The maximum atomic E-state index is 13.3. The number of nitrogens with one attached hydrogen (secondary N) is 2. The molecule has 2 aromatic rings. The van der Waals surface area contributed by atoms with E-state index in [0.29, 0.717) is 12.3 Å². The maximum absolute atomic E-state index is 13.3. The second-order valence-electron chi connectivity index (χ2n) is 12.9. The van der Waals surface area contributed by atoms with Gasteiger partial charge in [-0.1, -0.05) is 62.9 Å². The van der Waals surface area contributed by atoms with Gasteiger partial charge in [-0.3, -0.25) is 14.5 Å². The smallest absolute Gasteiger partial charge is 0.279 e. The first-order chi connectivity index (χ1) is 21.2. The molecule has 2 atom stereocenters. The number of rotatable bonds is 18. The summed E-state index contributed by atoms with van der Waals surface area (Å²) in [7, 11) is 1.64. The Balaban J connectivity index is 1.40. The van der Waals surface area contributed by atoms with Crippen LogP contribution in [-0.4, -0.2) is 73.6 Å². The van der Waals surface area contributed by atoms with Gasteiger partial charge >= 0.3 is 0 Å². The molecule has 1 fully saturated rings. The zero-order valence-corrected chi connectivity index (χ0v) is 28.5.